The highest BCUT2D eigenvalue weighted by atomic mass is 32.2. The van der Waals surface area contributed by atoms with Crippen molar-refractivity contribution in [3.05, 3.63) is 24.3 Å². The molecule has 23 heavy (non-hydrogen) atoms. The van der Waals surface area contributed by atoms with Crippen LogP contribution in [0.5, 0.6) is 5.75 Å². The molecule has 0 spiro atoms. The number of nitrogens with one attached hydrogen (secondary N) is 1. The molecule has 0 aliphatic carbocycles. The summed E-state index contributed by atoms with van der Waals surface area (Å²) in [5.41, 5.74) is 0. The lowest BCUT2D eigenvalue weighted by Gasteiger charge is -2.32. The van der Waals surface area contributed by atoms with Crippen LogP contribution in [0.1, 0.15) is 26.7 Å². The number of rotatable bonds is 5. The first-order valence-corrected chi connectivity index (χ1v) is 8.94. The number of carbonyl (C=O) groups is 2. The highest BCUT2D eigenvalue weighted by Crippen LogP contribution is 2.21. The van der Waals surface area contributed by atoms with E-state index in [1.54, 1.807) is 24.3 Å². The van der Waals surface area contributed by atoms with Crippen LogP contribution in [-0.2, 0) is 9.59 Å². The molecule has 0 unspecified atom stereocenters. The van der Waals surface area contributed by atoms with Crippen LogP contribution in [0, 0.1) is 5.92 Å². The zero-order valence-electron chi connectivity index (χ0n) is 13.6. The molecule has 1 fully saturated rings. The van der Waals surface area contributed by atoms with E-state index in [-0.39, 0.29) is 29.5 Å². The molecule has 1 heterocycles. The number of amides is 2. The number of likely N-dealkylation sites (tertiary alicyclic amines) is 1. The summed E-state index contributed by atoms with van der Waals surface area (Å²) < 4.78 is 0. The van der Waals surface area contributed by atoms with Crippen LogP contribution in [0.4, 0.5) is 0 Å². The Labute approximate surface area is 141 Å². The van der Waals surface area contributed by atoms with Crippen molar-refractivity contribution in [3.8, 4) is 5.75 Å². The highest BCUT2D eigenvalue weighted by molar-refractivity contribution is 8.00. The van der Waals surface area contributed by atoms with E-state index in [1.165, 1.54) is 11.8 Å². The predicted octanol–water partition coefficient (Wildman–Crippen LogP) is 2.25. The molecule has 5 nitrogen and oxygen atoms in total. The summed E-state index contributed by atoms with van der Waals surface area (Å²) in [6.07, 6.45) is 1.63. The molecule has 0 saturated carbocycles. The van der Waals surface area contributed by atoms with Crippen molar-refractivity contribution < 1.29 is 14.7 Å². The third-order valence-electron chi connectivity index (χ3n) is 3.92. The van der Waals surface area contributed by atoms with Crippen molar-refractivity contribution in [2.24, 2.45) is 5.92 Å². The molecule has 126 valence electrons. The quantitative estimate of drug-likeness (QED) is 0.809. The number of phenols is 1. The maximum Gasteiger partial charge on any atom is 0.232 e. The molecule has 1 aromatic carbocycles. The Kier molecular flexibility index (Phi) is 6.33. The van der Waals surface area contributed by atoms with Gasteiger partial charge in [-0.05, 0) is 37.1 Å². The molecule has 1 saturated heterocycles. The summed E-state index contributed by atoms with van der Waals surface area (Å²) in [7, 11) is 0. The van der Waals surface area contributed by atoms with Gasteiger partial charge in [-0.25, -0.2) is 0 Å². The van der Waals surface area contributed by atoms with Gasteiger partial charge < -0.3 is 15.3 Å². The fraction of sp³-hybridized carbons (Fsp3) is 0.529. The third-order valence-corrected chi connectivity index (χ3v) is 4.91. The maximum absolute atomic E-state index is 12.2. The van der Waals surface area contributed by atoms with Crippen LogP contribution in [0.25, 0.3) is 0 Å². The SMILES string of the molecule is CC(C)C(=O)NC1CCN(C(=O)CSc2ccc(O)cc2)CC1. The number of hydrogen-bond donors (Lipinski definition) is 2. The third kappa shape index (κ3) is 5.46. The smallest absolute Gasteiger partial charge is 0.232 e. The number of phenolic OH excluding ortho intramolecular Hbond substituents is 1. The Hall–Kier alpha value is -1.69. The van der Waals surface area contributed by atoms with Crippen LogP contribution in [0.3, 0.4) is 0 Å². The Morgan fingerprint density at radius 1 is 1.26 bits per heavy atom. The van der Waals surface area contributed by atoms with Crippen molar-refractivity contribution in [1.82, 2.24) is 10.2 Å². The van der Waals surface area contributed by atoms with Crippen molar-refractivity contribution >= 4 is 23.6 Å². The fourth-order valence-corrected chi connectivity index (χ4v) is 3.22. The van der Waals surface area contributed by atoms with Crippen molar-refractivity contribution in [2.75, 3.05) is 18.8 Å². The van der Waals surface area contributed by atoms with Crippen LogP contribution >= 0.6 is 11.8 Å². The second kappa shape index (κ2) is 8.24. The Morgan fingerprint density at radius 3 is 2.43 bits per heavy atom. The number of thioether (sulfide) groups is 1. The van der Waals surface area contributed by atoms with E-state index in [2.05, 4.69) is 5.32 Å². The number of aromatic hydroxyl groups is 1. The number of carbonyl (C=O) groups excluding carboxylic acids is 2. The lowest BCUT2D eigenvalue weighted by molar-refractivity contribution is -0.129. The number of nitrogens with zero attached hydrogens (tertiary/aromatic N) is 1. The Bertz CT molecular complexity index is 537. The largest absolute Gasteiger partial charge is 0.508 e. The molecule has 1 aromatic rings. The summed E-state index contributed by atoms with van der Waals surface area (Å²) >= 11 is 1.47. The van der Waals surface area contributed by atoms with Crippen LogP contribution in [0.15, 0.2) is 29.2 Å². The van der Waals surface area contributed by atoms with Gasteiger partial charge in [-0.15, -0.1) is 11.8 Å². The molecule has 6 heteroatoms. The van der Waals surface area contributed by atoms with Crippen LogP contribution < -0.4 is 5.32 Å². The molecule has 2 amide bonds. The zero-order chi connectivity index (χ0) is 16.8. The second-order valence-electron chi connectivity index (χ2n) is 6.10. The van der Waals surface area contributed by atoms with Gasteiger partial charge in [0.1, 0.15) is 5.75 Å². The zero-order valence-corrected chi connectivity index (χ0v) is 14.4. The molecular weight excluding hydrogens is 312 g/mol. The predicted molar refractivity (Wildman–Crippen MR) is 91.4 cm³/mol. The van der Waals surface area contributed by atoms with Gasteiger partial charge in [0, 0.05) is 29.9 Å². The molecular formula is C17H24N2O3S. The van der Waals surface area contributed by atoms with Gasteiger partial charge in [0.05, 0.1) is 5.75 Å². The molecule has 1 aliphatic heterocycles. The van der Waals surface area contributed by atoms with Gasteiger partial charge >= 0.3 is 0 Å². The lowest BCUT2D eigenvalue weighted by atomic mass is 10.0. The maximum atomic E-state index is 12.2. The summed E-state index contributed by atoms with van der Waals surface area (Å²) in [4.78, 5) is 26.8. The average Bonchev–Trinajstić information content (AvgIpc) is 2.54. The lowest BCUT2D eigenvalue weighted by Crippen LogP contribution is -2.47. The van der Waals surface area contributed by atoms with Crippen molar-refractivity contribution in [2.45, 2.75) is 37.6 Å². The molecule has 0 radical (unpaired) electrons. The molecule has 2 rings (SSSR count). The molecule has 0 atom stereocenters. The van der Waals surface area contributed by atoms with Gasteiger partial charge in [0.15, 0.2) is 0 Å². The van der Waals surface area contributed by atoms with E-state index >= 15 is 0 Å². The molecule has 2 N–H and O–H groups in total. The normalized spacial score (nSPS) is 15.7. The second-order valence-corrected chi connectivity index (χ2v) is 7.15. The number of hydrogen-bond acceptors (Lipinski definition) is 4. The minimum Gasteiger partial charge on any atom is -0.508 e. The van der Waals surface area contributed by atoms with Crippen LogP contribution in [-0.4, -0.2) is 46.7 Å². The van der Waals surface area contributed by atoms with Crippen molar-refractivity contribution in [3.63, 3.8) is 0 Å². The van der Waals surface area contributed by atoms with E-state index < -0.39 is 0 Å². The number of benzene rings is 1. The van der Waals surface area contributed by atoms with Gasteiger partial charge in [-0.3, -0.25) is 9.59 Å². The molecule has 0 bridgehead atoms. The minimum atomic E-state index is -0.00336. The topological polar surface area (TPSA) is 69.6 Å². The van der Waals surface area contributed by atoms with E-state index in [4.69, 9.17) is 0 Å². The summed E-state index contributed by atoms with van der Waals surface area (Å²) in [6, 6.07) is 7.03. The number of piperidine rings is 1. The highest BCUT2D eigenvalue weighted by Gasteiger charge is 2.24. The van der Waals surface area contributed by atoms with Crippen LogP contribution in [0.2, 0.25) is 0 Å². The van der Waals surface area contributed by atoms with Gasteiger partial charge in [0.25, 0.3) is 0 Å². The first-order valence-electron chi connectivity index (χ1n) is 7.95. The van der Waals surface area contributed by atoms with E-state index in [1.807, 2.05) is 18.7 Å². The van der Waals surface area contributed by atoms with Gasteiger partial charge in [0.2, 0.25) is 11.8 Å². The Morgan fingerprint density at radius 2 is 1.87 bits per heavy atom. The monoisotopic (exact) mass is 336 g/mol. The minimum absolute atomic E-state index is 0.00336. The van der Waals surface area contributed by atoms with Gasteiger partial charge in [-0.2, -0.15) is 0 Å². The average molecular weight is 336 g/mol. The first-order chi connectivity index (χ1) is 11.0. The van der Waals surface area contributed by atoms with E-state index in [0.717, 1.165) is 17.7 Å². The first kappa shape index (κ1) is 17.7. The fourth-order valence-electron chi connectivity index (χ4n) is 2.42. The van der Waals surface area contributed by atoms with Gasteiger partial charge in [-0.1, -0.05) is 13.8 Å². The van der Waals surface area contributed by atoms with E-state index in [0.29, 0.717) is 18.8 Å². The van der Waals surface area contributed by atoms with E-state index in [9.17, 15) is 14.7 Å². The summed E-state index contributed by atoms with van der Waals surface area (Å²) in [6.45, 7) is 5.15. The Balaban J connectivity index is 1.73. The summed E-state index contributed by atoms with van der Waals surface area (Å²) in [5.74, 6) is 0.824. The van der Waals surface area contributed by atoms with Crippen molar-refractivity contribution in [1.29, 1.82) is 0 Å². The molecule has 1 aliphatic rings. The summed E-state index contributed by atoms with van der Waals surface area (Å²) in [5, 5.41) is 12.3. The standard InChI is InChI=1S/C17H24N2O3S/c1-12(2)17(22)18-13-7-9-19(10-8-13)16(21)11-23-15-5-3-14(20)4-6-15/h3-6,12-13,20H,7-11H2,1-2H3,(H,18,22). The molecule has 0 aromatic heterocycles.